The van der Waals surface area contributed by atoms with E-state index in [1.54, 1.807) is 0 Å². The van der Waals surface area contributed by atoms with Gasteiger partial charge >= 0.3 is 0 Å². The lowest BCUT2D eigenvalue weighted by Gasteiger charge is -2.17. The van der Waals surface area contributed by atoms with Crippen LogP contribution in [0.5, 0.6) is 0 Å². The van der Waals surface area contributed by atoms with Crippen molar-refractivity contribution in [3.8, 4) is 0 Å². The summed E-state index contributed by atoms with van der Waals surface area (Å²) in [5, 5.41) is 6.32. The lowest BCUT2D eigenvalue weighted by atomic mass is 9.99. The predicted octanol–water partition coefficient (Wildman–Crippen LogP) is 2.11. The number of hydrogen-bond donors (Lipinski definition) is 2. The average molecular weight is 232 g/mol. The molecule has 0 fully saturated rings. The standard InChI is InChI=1S/C14H20N2O/c1-10(2)15-8-7-11-3-5-13-12(9-11)4-6-14(17)16-13/h3,5,9-10,15H,4,6-8H2,1-2H3,(H,16,17). The second-order valence-electron chi connectivity index (χ2n) is 4.90. The van der Waals surface area contributed by atoms with E-state index in [0.717, 1.165) is 25.1 Å². The maximum absolute atomic E-state index is 11.2. The van der Waals surface area contributed by atoms with Crippen LogP contribution >= 0.6 is 0 Å². The van der Waals surface area contributed by atoms with Gasteiger partial charge in [0.05, 0.1) is 0 Å². The number of carbonyl (C=O) groups is 1. The molecule has 1 heterocycles. The molecule has 1 aliphatic heterocycles. The molecule has 0 aliphatic carbocycles. The van der Waals surface area contributed by atoms with Crippen LogP contribution in [0.4, 0.5) is 5.69 Å². The number of amides is 1. The Bertz CT molecular complexity index is 413. The highest BCUT2D eigenvalue weighted by Gasteiger charge is 2.14. The Hall–Kier alpha value is -1.35. The third-order valence-corrected chi connectivity index (χ3v) is 3.03. The zero-order valence-corrected chi connectivity index (χ0v) is 10.5. The zero-order valence-electron chi connectivity index (χ0n) is 10.5. The Kier molecular flexibility index (Phi) is 3.79. The Labute approximate surface area is 103 Å². The summed E-state index contributed by atoms with van der Waals surface area (Å²) in [6, 6.07) is 6.88. The van der Waals surface area contributed by atoms with Gasteiger partial charge in [-0.3, -0.25) is 4.79 Å². The normalized spacial score (nSPS) is 14.6. The summed E-state index contributed by atoms with van der Waals surface area (Å²) >= 11 is 0. The first kappa shape index (κ1) is 12.1. The molecule has 0 bridgehead atoms. The fourth-order valence-corrected chi connectivity index (χ4v) is 2.10. The van der Waals surface area contributed by atoms with E-state index in [4.69, 9.17) is 0 Å². The Balaban J connectivity index is 1.99. The number of aryl methyl sites for hydroxylation is 1. The molecule has 0 radical (unpaired) electrons. The second kappa shape index (κ2) is 5.32. The summed E-state index contributed by atoms with van der Waals surface area (Å²) in [7, 11) is 0. The maximum atomic E-state index is 11.2. The van der Waals surface area contributed by atoms with Crippen LogP contribution in [0.3, 0.4) is 0 Å². The number of anilines is 1. The maximum Gasteiger partial charge on any atom is 0.224 e. The summed E-state index contributed by atoms with van der Waals surface area (Å²) in [4.78, 5) is 11.2. The molecule has 3 nitrogen and oxygen atoms in total. The van der Waals surface area contributed by atoms with Gasteiger partial charge in [-0.05, 0) is 36.6 Å². The fraction of sp³-hybridized carbons (Fsp3) is 0.500. The van der Waals surface area contributed by atoms with Crippen molar-refractivity contribution in [2.75, 3.05) is 11.9 Å². The summed E-state index contributed by atoms with van der Waals surface area (Å²) < 4.78 is 0. The molecule has 1 aromatic rings. The molecule has 0 saturated heterocycles. The van der Waals surface area contributed by atoms with Gasteiger partial charge in [0.15, 0.2) is 0 Å². The highest BCUT2D eigenvalue weighted by atomic mass is 16.1. The van der Waals surface area contributed by atoms with Crippen molar-refractivity contribution in [3.05, 3.63) is 29.3 Å². The third-order valence-electron chi connectivity index (χ3n) is 3.03. The van der Waals surface area contributed by atoms with Gasteiger partial charge in [-0.15, -0.1) is 0 Å². The smallest absolute Gasteiger partial charge is 0.224 e. The molecule has 92 valence electrons. The molecule has 1 aromatic carbocycles. The van der Waals surface area contributed by atoms with Gasteiger partial charge in [0.25, 0.3) is 0 Å². The lowest BCUT2D eigenvalue weighted by Crippen LogP contribution is -2.25. The molecule has 17 heavy (non-hydrogen) atoms. The van der Waals surface area contributed by atoms with Crippen LogP contribution in [-0.4, -0.2) is 18.5 Å². The van der Waals surface area contributed by atoms with Gasteiger partial charge in [0.2, 0.25) is 5.91 Å². The number of fused-ring (bicyclic) bond motifs is 1. The van der Waals surface area contributed by atoms with Crippen LogP contribution in [-0.2, 0) is 17.6 Å². The average Bonchev–Trinajstić information content (AvgIpc) is 2.29. The van der Waals surface area contributed by atoms with E-state index >= 15 is 0 Å². The Morgan fingerprint density at radius 1 is 1.35 bits per heavy atom. The zero-order chi connectivity index (χ0) is 12.3. The van der Waals surface area contributed by atoms with Gasteiger partial charge < -0.3 is 10.6 Å². The SMILES string of the molecule is CC(C)NCCc1ccc2c(c1)CCC(=O)N2. The van der Waals surface area contributed by atoms with Crippen molar-refractivity contribution in [3.63, 3.8) is 0 Å². The summed E-state index contributed by atoms with van der Waals surface area (Å²) in [6.45, 7) is 5.31. The minimum Gasteiger partial charge on any atom is -0.326 e. The topological polar surface area (TPSA) is 41.1 Å². The van der Waals surface area contributed by atoms with Crippen molar-refractivity contribution in [1.29, 1.82) is 0 Å². The van der Waals surface area contributed by atoms with E-state index in [-0.39, 0.29) is 5.91 Å². The second-order valence-corrected chi connectivity index (χ2v) is 4.90. The van der Waals surface area contributed by atoms with Crippen LogP contribution in [0.25, 0.3) is 0 Å². The lowest BCUT2D eigenvalue weighted by molar-refractivity contribution is -0.116. The molecular weight excluding hydrogens is 212 g/mol. The molecule has 2 N–H and O–H groups in total. The molecule has 0 unspecified atom stereocenters. The first-order valence-electron chi connectivity index (χ1n) is 6.30. The monoisotopic (exact) mass is 232 g/mol. The van der Waals surface area contributed by atoms with E-state index in [2.05, 4.69) is 36.6 Å². The summed E-state index contributed by atoms with van der Waals surface area (Å²) in [5.41, 5.74) is 3.60. The fourth-order valence-electron chi connectivity index (χ4n) is 2.10. The predicted molar refractivity (Wildman–Crippen MR) is 70.2 cm³/mol. The van der Waals surface area contributed by atoms with Crippen LogP contribution in [0, 0.1) is 0 Å². The number of benzene rings is 1. The quantitative estimate of drug-likeness (QED) is 0.835. The molecule has 1 aliphatic rings. The van der Waals surface area contributed by atoms with Gasteiger partial charge in [-0.25, -0.2) is 0 Å². The number of carbonyl (C=O) groups excluding carboxylic acids is 1. The van der Waals surface area contributed by atoms with Gasteiger partial charge in [0.1, 0.15) is 0 Å². The van der Waals surface area contributed by atoms with E-state index in [1.807, 2.05) is 6.07 Å². The molecule has 0 saturated carbocycles. The number of hydrogen-bond acceptors (Lipinski definition) is 2. The minimum absolute atomic E-state index is 0.131. The van der Waals surface area contributed by atoms with Crippen LogP contribution in [0.15, 0.2) is 18.2 Å². The number of rotatable bonds is 4. The van der Waals surface area contributed by atoms with Gasteiger partial charge in [-0.1, -0.05) is 26.0 Å². The van der Waals surface area contributed by atoms with Gasteiger partial charge in [-0.2, -0.15) is 0 Å². The first-order chi connectivity index (χ1) is 8.15. The van der Waals surface area contributed by atoms with Crippen molar-refractivity contribution < 1.29 is 4.79 Å². The van der Waals surface area contributed by atoms with Crippen molar-refractivity contribution in [1.82, 2.24) is 5.32 Å². The molecule has 0 aromatic heterocycles. The highest BCUT2D eigenvalue weighted by molar-refractivity contribution is 5.93. The van der Waals surface area contributed by atoms with E-state index in [1.165, 1.54) is 11.1 Å². The molecule has 2 rings (SSSR count). The van der Waals surface area contributed by atoms with Crippen molar-refractivity contribution >= 4 is 11.6 Å². The van der Waals surface area contributed by atoms with Gasteiger partial charge in [0, 0.05) is 18.2 Å². The minimum atomic E-state index is 0.131. The van der Waals surface area contributed by atoms with Crippen LogP contribution in [0.1, 0.15) is 31.4 Å². The third kappa shape index (κ3) is 3.30. The molecule has 0 atom stereocenters. The molecule has 1 amide bonds. The van der Waals surface area contributed by atoms with Crippen LogP contribution in [0.2, 0.25) is 0 Å². The summed E-state index contributed by atoms with van der Waals surface area (Å²) in [5.74, 6) is 0.131. The largest absolute Gasteiger partial charge is 0.326 e. The molecule has 3 heteroatoms. The molecular formula is C14H20N2O. The van der Waals surface area contributed by atoms with Crippen LogP contribution < -0.4 is 10.6 Å². The Morgan fingerprint density at radius 2 is 2.18 bits per heavy atom. The van der Waals surface area contributed by atoms with E-state index in [0.29, 0.717) is 12.5 Å². The Morgan fingerprint density at radius 3 is 2.94 bits per heavy atom. The highest BCUT2D eigenvalue weighted by Crippen LogP contribution is 2.23. The van der Waals surface area contributed by atoms with Crippen molar-refractivity contribution in [2.45, 2.75) is 39.2 Å². The first-order valence-corrected chi connectivity index (χ1v) is 6.30. The summed E-state index contributed by atoms with van der Waals surface area (Å²) in [6.07, 6.45) is 2.52. The van der Waals surface area contributed by atoms with E-state index < -0.39 is 0 Å². The number of nitrogens with one attached hydrogen (secondary N) is 2. The van der Waals surface area contributed by atoms with E-state index in [9.17, 15) is 4.79 Å². The molecule has 0 spiro atoms. The van der Waals surface area contributed by atoms with Crippen molar-refractivity contribution in [2.24, 2.45) is 0 Å².